The molecule has 0 saturated carbocycles. The van der Waals surface area contributed by atoms with Crippen LogP contribution in [0.3, 0.4) is 0 Å². The molecule has 2 rings (SSSR count). The van der Waals surface area contributed by atoms with Gasteiger partial charge in [0, 0.05) is 21.3 Å². The number of hydrogen-bond donors (Lipinski definition) is 2. The van der Waals surface area contributed by atoms with Gasteiger partial charge in [-0.15, -0.1) is 0 Å². The molecule has 3 nitrogen and oxygen atoms in total. The molecule has 0 heterocycles. The fourth-order valence-corrected chi connectivity index (χ4v) is 2.68. The van der Waals surface area contributed by atoms with Crippen molar-refractivity contribution in [2.75, 3.05) is 12.4 Å². The predicted octanol–water partition coefficient (Wildman–Crippen LogP) is 4.36. The number of amides is 1. The zero-order chi connectivity index (χ0) is 14.7. The molecule has 0 bridgehead atoms. The Morgan fingerprint density at radius 3 is 2.50 bits per heavy atom. The monoisotopic (exact) mass is 400 g/mol. The Kier molecular flexibility index (Phi) is 4.88. The second kappa shape index (κ2) is 6.45. The van der Waals surface area contributed by atoms with Crippen molar-refractivity contribution >= 4 is 51.5 Å². The quantitative estimate of drug-likeness (QED) is 0.752. The average Bonchev–Trinajstić information content (AvgIpc) is 2.42. The Morgan fingerprint density at radius 1 is 1.15 bits per heavy atom. The van der Waals surface area contributed by atoms with Gasteiger partial charge in [-0.05, 0) is 71.5 Å². The molecule has 104 valence electrons. The second-order valence-electron chi connectivity index (χ2n) is 4.35. The van der Waals surface area contributed by atoms with E-state index in [1.54, 1.807) is 19.2 Å². The molecule has 2 aromatic rings. The van der Waals surface area contributed by atoms with Crippen LogP contribution in [0.15, 0.2) is 36.4 Å². The maximum Gasteiger partial charge on any atom is 0.253 e. The van der Waals surface area contributed by atoms with Crippen LogP contribution >= 0.6 is 34.2 Å². The van der Waals surface area contributed by atoms with Gasteiger partial charge in [-0.3, -0.25) is 4.79 Å². The van der Waals surface area contributed by atoms with E-state index in [1.165, 1.54) is 3.57 Å². The fourth-order valence-electron chi connectivity index (χ4n) is 1.86. The van der Waals surface area contributed by atoms with E-state index in [2.05, 4.69) is 39.3 Å². The largest absolute Gasteiger partial charge is 0.355 e. The van der Waals surface area contributed by atoms with Crippen LogP contribution < -0.4 is 10.6 Å². The summed E-state index contributed by atoms with van der Waals surface area (Å²) in [6.45, 7) is 2.03. The highest BCUT2D eigenvalue weighted by atomic mass is 127. The number of rotatable bonds is 3. The molecule has 0 aliphatic heterocycles. The molecule has 0 saturated heterocycles. The van der Waals surface area contributed by atoms with Crippen LogP contribution in [0.2, 0.25) is 5.02 Å². The lowest BCUT2D eigenvalue weighted by atomic mass is 10.1. The third-order valence-electron chi connectivity index (χ3n) is 2.91. The van der Waals surface area contributed by atoms with Gasteiger partial charge in [0.1, 0.15) is 0 Å². The molecule has 0 atom stereocenters. The lowest BCUT2D eigenvalue weighted by Crippen LogP contribution is -2.19. The highest BCUT2D eigenvalue weighted by Gasteiger charge is 2.11. The van der Waals surface area contributed by atoms with E-state index in [1.807, 2.05) is 25.1 Å². The number of carbonyl (C=O) groups is 1. The van der Waals surface area contributed by atoms with E-state index in [0.29, 0.717) is 10.6 Å². The Bertz CT molecular complexity index is 658. The maximum absolute atomic E-state index is 11.9. The molecule has 0 aliphatic rings. The fraction of sp³-hybridized carbons (Fsp3) is 0.133. The van der Waals surface area contributed by atoms with Gasteiger partial charge in [0.2, 0.25) is 0 Å². The minimum atomic E-state index is -0.168. The Labute approximate surface area is 136 Å². The van der Waals surface area contributed by atoms with E-state index in [0.717, 1.165) is 16.9 Å². The molecule has 0 radical (unpaired) electrons. The first kappa shape index (κ1) is 15.1. The van der Waals surface area contributed by atoms with Crippen molar-refractivity contribution in [1.29, 1.82) is 0 Å². The van der Waals surface area contributed by atoms with Gasteiger partial charge >= 0.3 is 0 Å². The van der Waals surface area contributed by atoms with Gasteiger partial charge in [0.05, 0.1) is 11.3 Å². The minimum absolute atomic E-state index is 0.168. The molecule has 0 aromatic heterocycles. The van der Waals surface area contributed by atoms with Crippen molar-refractivity contribution in [1.82, 2.24) is 5.32 Å². The van der Waals surface area contributed by atoms with Gasteiger partial charge in [0.15, 0.2) is 0 Å². The number of carbonyl (C=O) groups excluding carboxylic acids is 1. The summed E-state index contributed by atoms with van der Waals surface area (Å²) >= 11 is 8.24. The molecule has 2 N–H and O–H groups in total. The zero-order valence-electron chi connectivity index (χ0n) is 11.1. The summed E-state index contributed by atoms with van der Waals surface area (Å²) in [4.78, 5) is 11.9. The maximum atomic E-state index is 11.9. The van der Waals surface area contributed by atoms with Gasteiger partial charge in [-0.2, -0.15) is 0 Å². The summed E-state index contributed by atoms with van der Waals surface area (Å²) in [5, 5.41) is 6.44. The second-order valence-corrected chi connectivity index (χ2v) is 6.04. The molecule has 2 aromatic carbocycles. The van der Waals surface area contributed by atoms with Gasteiger partial charge < -0.3 is 10.6 Å². The molecule has 5 heteroatoms. The third-order valence-corrected chi connectivity index (χ3v) is 3.82. The number of nitrogens with one attached hydrogen (secondary N) is 2. The van der Waals surface area contributed by atoms with Crippen LogP contribution in [0.5, 0.6) is 0 Å². The molecular formula is C15H14ClIN2O. The zero-order valence-corrected chi connectivity index (χ0v) is 14.0. The summed E-state index contributed by atoms with van der Waals surface area (Å²) < 4.78 is 1.17. The predicted molar refractivity (Wildman–Crippen MR) is 92.0 cm³/mol. The molecule has 0 unspecified atom stereocenters. The van der Waals surface area contributed by atoms with Crippen LogP contribution in [-0.4, -0.2) is 13.0 Å². The first-order valence-electron chi connectivity index (χ1n) is 6.06. The van der Waals surface area contributed by atoms with Gasteiger partial charge in [0.25, 0.3) is 5.91 Å². The highest BCUT2D eigenvalue weighted by molar-refractivity contribution is 14.1. The molecule has 0 aliphatic carbocycles. The summed E-state index contributed by atoms with van der Waals surface area (Å²) in [5.74, 6) is -0.168. The molecule has 20 heavy (non-hydrogen) atoms. The summed E-state index contributed by atoms with van der Waals surface area (Å²) in [7, 11) is 1.60. The first-order valence-corrected chi connectivity index (χ1v) is 7.51. The lowest BCUT2D eigenvalue weighted by Gasteiger charge is -2.14. The van der Waals surface area contributed by atoms with E-state index < -0.39 is 0 Å². The number of halogens is 2. The third kappa shape index (κ3) is 3.43. The van der Waals surface area contributed by atoms with Crippen LogP contribution in [0, 0.1) is 10.5 Å². The van der Waals surface area contributed by atoms with Crippen LogP contribution in [0.4, 0.5) is 11.4 Å². The number of anilines is 2. The standard InChI is InChI=1S/C15H14ClIN2O/c1-9-7-11(17)4-6-13(9)19-14-5-3-10(16)8-12(14)15(20)18-2/h3-8,19H,1-2H3,(H,18,20). The van der Waals surface area contributed by atoms with Crippen molar-refractivity contribution in [3.8, 4) is 0 Å². The normalized spacial score (nSPS) is 10.2. The first-order chi connectivity index (χ1) is 9.51. The van der Waals surface area contributed by atoms with Crippen molar-refractivity contribution in [3.05, 3.63) is 56.1 Å². The Balaban J connectivity index is 2.40. The van der Waals surface area contributed by atoms with Crippen molar-refractivity contribution in [2.24, 2.45) is 0 Å². The number of benzene rings is 2. The van der Waals surface area contributed by atoms with E-state index in [-0.39, 0.29) is 5.91 Å². The van der Waals surface area contributed by atoms with Crippen LogP contribution in [0.1, 0.15) is 15.9 Å². The molecular weight excluding hydrogens is 387 g/mol. The van der Waals surface area contributed by atoms with E-state index in [4.69, 9.17) is 11.6 Å². The summed E-state index contributed by atoms with van der Waals surface area (Å²) in [6, 6.07) is 11.3. The summed E-state index contributed by atoms with van der Waals surface area (Å²) in [6.07, 6.45) is 0. The molecule has 0 fully saturated rings. The average molecular weight is 401 g/mol. The van der Waals surface area contributed by atoms with Crippen molar-refractivity contribution < 1.29 is 4.79 Å². The van der Waals surface area contributed by atoms with Gasteiger partial charge in [-0.1, -0.05) is 11.6 Å². The number of hydrogen-bond acceptors (Lipinski definition) is 2. The SMILES string of the molecule is CNC(=O)c1cc(Cl)ccc1Nc1ccc(I)cc1C. The molecule has 1 amide bonds. The molecule has 0 spiro atoms. The van der Waals surface area contributed by atoms with Crippen molar-refractivity contribution in [2.45, 2.75) is 6.92 Å². The van der Waals surface area contributed by atoms with Crippen LogP contribution in [-0.2, 0) is 0 Å². The van der Waals surface area contributed by atoms with Gasteiger partial charge in [-0.25, -0.2) is 0 Å². The summed E-state index contributed by atoms with van der Waals surface area (Å²) in [5.41, 5.74) is 3.35. The topological polar surface area (TPSA) is 41.1 Å². The van der Waals surface area contributed by atoms with Crippen LogP contribution in [0.25, 0.3) is 0 Å². The number of aryl methyl sites for hydroxylation is 1. The Hall–Kier alpha value is -1.27. The van der Waals surface area contributed by atoms with E-state index in [9.17, 15) is 4.79 Å². The smallest absolute Gasteiger partial charge is 0.253 e. The lowest BCUT2D eigenvalue weighted by molar-refractivity contribution is 0.0964. The minimum Gasteiger partial charge on any atom is -0.355 e. The Morgan fingerprint density at radius 2 is 1.85 bits per heavy atom. The van der Waals surface area contributed by atoms with Crippen molar-refractivity contribution in [3.63, 3.8) is 0 Å². The van der Waals surface area contributed by atoms with E-state index >= 15 is 0 Å². The highest BCUT2D eigenvalue weighted by Crippen LogP contribution is 2.27.